The summed E-state index contributed by atoms with van der Waals surface area (Å²) < 4.78 is 13.1. The van der Waals surface area contributed by atoms with Gasteiger partial charge in [0.1, 0.15) is 5.82 Å². The zero-order valence-electron chi connectivity index (χ0n) is 12.3. The highest BCUT2D eigenvalue weighted by Gasteiger charge is 2.21. The molecule has 0 unspecified atom stereocenters. The smallest absolute Gasteiger partial charge is 0.219 e. The van der Waals surface area contributed by atoms with Gasteiger partial charge in [0, 0.05) is 25.6 Å². The third kappa shape index (κ3) is 4.04. The van der Waals surface area contributed by atoms with Crippen LogP contribution in [0.3, 0.4) is 0 Å². The summed E-state index contributed by atoms with van der Waals surface area (Å²) in [7, 11) is 0. The van der Waals surface area contributed by atoms with E-state index in [1.807, 2.05) is 19.9 Å². The Morgan fingerprint density at radius 3 is 3.00 bits per heavy atom. The Labute approximate surface area is 120 Å². The number of carbonyl (C=O) groups is 1. The van der Waals surface area contributed by atoms with E-state index in [1.165, 1.54) is 6.07 Å². The molecule has 1 atom stereocenters. The number of aryl methyl sites for hydroxylation is 1. The summed E-state index contributed by atoms with van der Waals surface area (Å²) in [6.45, 7) is 6.55. The molecule has 1 fully saturated rings. The Morgan fingerprint density at radius 1 is 1.50 bits per heavy atom. The Morgan fingerprint density at radius 2 is 2.30 bits per heavy atom. The molecule has 4 heteroatoms. The number of carbonyl (C=O) groups excluding carboxylic acids is 1. The van der Waals surface area contributed by atoms with E-state index < -0.39 is 0 Å². The van der Waals surface area contributed by atoms with E-state index in [0.717, 1.165) is 43.6 Å². The molecule has 1 N–H and O–H groups in total. The molecule has 1 amide bonds. The lowest BCUT2D eigenvalue weighted by Gasteiger charge is -2.33. The Hall–Kier alpha value is -1.42. The van der Waals surface area contributed by atoms with Gasteiger partial charge in [0.2, 0.25) is 5.91 Å². The minimum atomic E-state index is -0.182. The third-order valence-corrected chi connectivity index (χ3v) is 3.89. The van der Waals surface area contributed by atoms with Crippen LogP contribution >= 0.6 is 0 Å². The lowest BCUT2D eigenvalue weighted by atomic mass is 10.0. The van der Waals surface area contributed by atoms with Crippen LogP contribution in [0.1, 0.15) is 37.3 Å². The fourth-order valence-corrected chi connectivity index (χ4v) is 2.72. The average molecular weight is 278 g/mol. The fraction of sp³-hybridized carbons (Fsp3) is 0.562. The van der Waals surface area contributed by atoms with E-state index in [4.69, 9.17) is 0 Å². The van der Waals surface area contributed by atoms with Crippen molar-refractivity contribution in [2.45, 2.75) is 45.7 Å². The summed E-state index contributed by atoms with van der Waals surface area (Å²) in [4.78, 5) is 13.8. The first-order valence-corrected chi connectivity index (χ1v) is 7.35. The number of rotatable bonds is 4. The van der Waals surface area contributed by atoms with E-state index in [-0.39, 0.29) is 17.8 Å². The number of nitrogens with zero attached hydrogens (tertiary/aromatic N) is 1. The normalized spacial score (nSPS) is 19.9. The predicted octanol–water partition coefficient (Wildman–Crippen LogP) is 2.62. The monoisotopic (exact) mass is 278 g/mol. The number of benzene rings is 1. The maximum absolute atomic E-state index is 13.1. The second kappa shape index (κ2) is 6.84. The number of piperidine rings is 1. The number of hydrogen-bond acceptors (Lipinski definition) is 2. The minimum Gasteiger partial charge on any atom is -0.352 e. The van der Waals surface area contributed by atoms with Crippen LogP contribution in [-0.2, 0) is 11.3 Å². The molecule has 3 nitrogen and oxygen atoms in total. The first kappa shape index (κ1) is 15.0. The summed E-state index contributed by atoms with van der Waals surface area (Å²) in [5, 5.41) is 3.07. The Kier molecular flexibility index (Phi) is 5.12. The predicted molar refractivity (Wildman–Crippen MR) is 77.9 cm³/mol. The van der Waals surface area contributed by atoms with Gasteiger partial charge in [0.05, 0.1) is 0 Å². The van der Waals surface area contributed by atoms with E-state index in [1.54, 1.807) is 6.07 Å². The topological polar surface area (TPSA) is 32.3 Å². The molecule has 0 saturated carbocycles. The van der Waals surface area contributed by atoms with Crippen molar-refractivity contribution in [1.82, 2.24) is 10.2 Å². The van der Waals surface area contributed by atoms with Crippen LogP contribution in [0.15, 0.2) is 18.2 Å². The average Bonchev–Trinajstić information content (AvgIpc) is 2.42. The van der Waals surface area contributed by atoms with Gasteiger partial charge < -0.3 is 5.32 Å². The molecule has 1 aliphatic heterocycles. The van der Waals surface area contributed by atoms with Gasteiger partial charge >= 0.3 is 0 Å². The van der Waals surface area contributed by atoms with Crippen LogP contribution in [0, 0.1) is 12.7 Å². The second-order valence-corrected chi connectivity index (χ2v) is 5.57. The van der Waals surface area contributed by atoms with E-state index in [0.29, 0.717) is 6.42 Å². The minimum absolute atomic E-state index is 0.120. The van der Waals surface area contributed by atoms with Crippen molar-refractivity contribution in [3.05, 3.63) is 35.1 Å². The van der Waals surface area contributed by atoms with Crippen LogP contribution in [0.4, 0.5) is 4.39 Å². The highest BCUT2D eigenvalue weighted by molar-refractivity contribution is 5.75. The van der Waals surface area contributed by atoms with Crippen molar-refractivity contribution >= 4 is 5.91 Å². The summed E-state index contributed by atoms with van der Waals surface area (Å²) in [6, 6.07) is 5.20. The number of amides is 1. The molecule has 1 saturated heterocycles. The van der Waals surface area contributed by atoms with Crippen molar-refractivity contribution in [3.8, 4) is 0 Å². The standard InChI is InChI=1S/C16H23FN2O/c1-3-16(20)18-15-5-4-8-19(11-15)10-13-6-7-14(17)9-12(13)2/h6-7,9,15H,3-5,8,10-11H2,1-2H3,(H,18,20)/t15-/m0/s1. The zero-order chi connectivity index (χ0) is 14.5. The van der Waals surface area contributed by atoms with Gasteiger partial charge in [-0.05, 0) is 49.6 Å². The highest BCUT2D eigenvalue weighted by Crippen LogP contribution is 2.17. The quantitative estimate of drug-likeness (QED) is 0.918. The number of nitrogens with one attached hydrogen (secondary N) is 1. The summed E-state index contributed by atoms with van der Waals surface area (Å²) in [5.41, 5.74) is 2.15. The molecule has 1 aromatic rings. The second-order valence-electron chi connectivity index (χ2n) is 5.57. The zero-order valence-corrected chi connectivity index (χ0v) is 12.3. The van der Waals surface area contributed by atoms with Crippen LogP contribution in [0.25, 0.3) is 0 Å². The number of hydrogen-bond donors (Lipinski definition) is 1. The molecule has 1 heterocycles. The van der Waals surface area contributed by atoms with Gasteiger partial charge in [-0.15, -0.1) is 0 Å². The molecule has 110 valence electrons. The molecule has 1 aliphatic rings. The van der Waals surface area contributed by atoms with Gasteiger partial charge in [-0.3, -0.25) is 9.69 Å². The first-order valence-electron chi connectivity index (χ1n) is 7.35. The van der Waals surface area contributed by atoms with Gasteiger partial charge in [-0.1, -0.05) is 13.0 Å². The van der Waals surface area contributed by atoms with Crippen LogP contribution in [-0.4, -0.2) is 29.9 Å². The molecule has 0 bridgehead atoms. The Bertz CT molecular complexity index is 476. The molecular weight excluding hydrogens is 255 g/mol. The molecule has 0 aromatic heterocycles. The van der Waals surface area contributed by atoms with Gasteiger partial charge in [0.25, 0.3) is 0 Å². The SMILES string of the molecule is CCC(=O)N[C@H]1CCCN(Cc2ccc(F)cc2C)C1. The van der Waals surface area contributed by atoms with Crippen LogP contribution < -0.4 is 5.32 Å². The van der Waals surface area contributed by atoms with Crippen molar-refractivity contribution in [2.24, 2.45) is 0 Å². The molecule has 0 radical (unpaired) electrons. The van der Waals surface area contributed by atoms with Gasteiger partial charge in [-0.25, -0.2) is 4.39 Å². The molecule has 0 aliphatic carbocycles. The van der Waals surface area contributed by atoms with Crippen LogP contribution in [0.2, 0.25) is 0 Å². The van der Waals surface area contributed by atoms with Crippen molar-refractivity contribution in [2.75, 3.05) is 13.1 Å². The largest absolute Gasteiger partial charge is 0.352 e. The van der Waals surface area contributed by atoms with E-state index in [9.17, 15) is 9.18 Å². The fourth-order valence-electron chi connectivity index (χ4n) is 2.72. The molecule has 20 heavy (non-hydrogen) atoms. The molecule has 0 spiro atoms. The maximum atomic E-state index is 13.1. The van der Waals surface area contributed by atoms with E-state index >= 15 is 0 Å². The number of halogens is 1. The maximum Gasteiger partial charge on any atom is 0.219 e. The van der Waals surface area contributed by atoms with Crippen molar-refractivity contribution in [1.29, 1.82) is 0 Å². The Balaban J connectivity index is 1.94. The summed E-state index contributed by atoms with van der Waals surface area (Å²) in [5.74, 6) is -0.0622. The van der Waals surface area contributed by atoms with Gasteiger partial charge in [-0.2, -0.15) is 0 Å². The van der Waals surface area contributed by atoms with Gasteiger partial charge in [0.15, 0.2) is 0 Å². The molecule has 2 rings (SSSR count). The summed E-state index contributed by atoms with van der Waals surface area (Å²) >= 11 is 0. The highest BCUT2D eigenvalue weighted by atomic mass is 19.1. The number of likely N-dealkylation sites (tertiary alicyclic amines) is 1. The molecule has 1 aromatic carbocycles. The molecular formula is C16H23FN2O. The summed E-state index contributed by atoms with van der Waals surface area (Å²) in [6.07, 6.45) is 2.67. The third-order valence-electron chi connectivity index (χ3n) is 3.89. The lowest BCUT2D eigenvalue weighted by Crippen LogP contribution is -2.47. The van der Waals surface area contributed by atoms with E-state index in [2.05, 4.69) is 10.2 Å². The van der Waals surface area contributed by atoms with Crippen molar-refractivity contribution in [3.63, 3.8) is 0 Å². The lowest BCUT2D eigenvalue weighted by molar-refractivity contribution is -0.121. The first-order chi connectivity index (χ1) is 9.58. The van der Waals surface area contributed by atoms with Crippen LogP contribution in [0.5, 0.6) is 0 Å². The van der Waals surface area contributed by atoms with Crippen molar-refractivity contribution < 1.29 is 9.18 Å².